The maximum absolute atomic E-state index is 4.65. The average molecular weight is 346 g/mol. The van der Waals surface area contributed by atoms with Gasteiger partial charge in [-0.15, -0.1) is 0 Å². The molecule has 0 bridgehead atoms. The van der Waals surface area contributed by atoms with Crippen molar-refractivity contribution in [1.29, 1.82) is 0 Å². The van der Waals surface area contributed by atoms with Crippen LogP contribution in [0.4, 0.5) is 0 Å². The summed E-state index contributed by atoms with van der Waals surface area (Å²) < 4.78 is 0. The van der Waals surface area contributed by atoms with Gasteiger partial charge in [0.15, 0.2) is 0 Å². The minimum Gasteiger partial charge on any atom is -0.218 e. The quantitative estimate of drug-likeness (QED) is 0.537. The zero-order chi connectivity index (χ0) is 15.3. The van der Waals surface area contributed by atoms with Gasteiger partial charge < -0.3 is 0 Å². The highest BCUT2D eigenvalue weighted by atomic mass is 32.2. The van der Waals surface area contributed by atoms with E-state index in [4.69, 9.17) is 0 Å². The monoisotopic (exact) mass is 345 g/mol. The molecule has 0 aliphatic carbocycles. The van der Waals surface area contributed by atoms with Gasteiger partial charge in [0.1, 0.15) is 17.5 Å². The largest absolute Gasteiger partial charge is 0.218 e. The SMILES string of the molecule is CCSCCc1nc(CCSCC)nc(CCSCC)n1. The lowest BCUT2D eigenvalue weighted by Crippen LogP contribution is -2.10. The summed E-state index contributed by atoms with van der Waals surface area (Å²) >= 11 is 5.85. The van der Waals surface area contributed by atoms with E-state index in [-0.39, 0.29) is 0 Å². The summed E-state index contributed by atoms with van der Waals surface area (Å²) in [6, 6.07) is 0. The molecule has 6 heteroatoms. The molecule has 0 atom stereocenters. The molecular weight excluding hydrogens is 318 g/mol. The molecule has 0 aliphatic heterocycles. The molecule has 3 nitrogen and oxygen atoms in total. The molecule has 0 radical (unpaired) electrons. The molecule has 0 unspecified atom stereocenters. The molecule has 0 N–H and O–H groups in total. The summed E-state index contributed by atoms with van der Waals surface area (Å²) in [5.74, 6) is 9.74. The maximum atomic E-state index is 4.65. The average Bonchev–Trinajstić information content (AvgIpc) is 2.48. The molecule has 0 saturated heterocycles. The summed E-state index contributed by atoms with van der Waals surface area (Å²) in [7, 11) is 0. The van der Waals surface area contributed by atoms with E-state index in [1.165, 1.54) is 0 Å². The van der Waals surface area contributed by atoms with Gasteiger partial charge in [0, 0.05) is 36.5 Å². The first-order chi connectivity index (χ1) is 10.3. The van der Waals surface area contributed by atoms with Crippen LogP contribution in [0.25, 0.3) is 0 Å². The summed E-state index contributed by atoms with van der Waals surface area (Å²) in [6.45, 7) is 6.58. The molecule has 1 aromatic heterocycles. The van der Waals surface area contributed by atoms with E-state index in [1.807, 2.05) is 35.3 Å². The van der Waals surface area contributed by atoms with Crippen molar-refractivity contribution < 1.29 is 0 Å². The maximum Gasteiger partial charge on any atom is 0.133 e. The van der Waals surface area contributed by atoms with Crippen LogP contribution >= 0.6 is 35.3 Å². The van der Waals surface area contributed by atoms with E-state index in [2.05, 4.69) is 35.7 Å². The fourth-order valence-electron chi connectivity index (χ4n) is 1.78. The van der Waals surface area contributed by atoms with Gasteiger partial charge in [0.2, 0.25) is 0 Å². The second kappa shape index (κ2) is 12.6. The van der Waals surface area contributed by atoms with Crippen molar-refractivity contribution in [3.63, 3.8) is 0 Å². The van der Waals surface area contributed by atoms with E-state index in [1.54, 1.807) is 0 Å². The van der Waals surface area contributed by atoms with E-state index >= 15 is 0 Å². The summed E-state index contributed by atoms with van der Waals surface area (Å²) in [5, 5.41) is 0. The Hall–Kier alpha value is 0.0600. The second-order valence-electron chi connectivity index (χ2n) is 4.42. The van der Waals surface area contributed by atoms with Crippen LogP contribution in [0.2, 0.25) is 0 Å². The van der Waals surface area contributed by atoms with Crippen LogP contribution in [0.1, 0.15) is 38.2 Å². The Balaban J connectivity index is 2.65. The van der Waals surface area contributed by atoms with Gasteiger partial charge in [-0.05, 0) is 17.3 Å². The van der Waals surface area contributed by atoms with Crippen molar-refractivity contribution >= 4 is 35.3 Å². The number of aromatic nitrogens is 3. The van der Waals surface area contributed by atoms with Gasteiger partial charge in [-0.25, -0.2) is 15.0 Å². The standard InChI is InChI=1S/C15H27N3S3/c1-4-19-10-7-13-16-14(8-11-20-5-2)18-15(17-13)9-12-21-6-3/h4-12H2,1-3H3. The number of hydrogen-bond acceptors (Lipinski definition) is 6. The van der Waals surface area contributed by atoms with Crippen molar-refractivity contribution in [3.8, 4) is 0 Å². The predicted molar refractivity (Wildman–Crippen MR) is 99.9 cm³/mol. The minimum atomic E-state index is 0.961. The van der Waals surface area contributed by atoms with Crippen molar-refractivity contribution in [3.05, 3.63) is 17.5 Å². The zero-order valence-electron chi connectivity index (χ0n) is 13.4. The van der Waals surface area contributed by atoms with E-state index < -0.39 is 0 Å². The van der Waals surface area contributed by atoms with Gasteiger partial charge in [-0.3, -0.25) is 0 Å². The number of aryl methyl sites for hydroxylation is 3. The second-order valence-corrected chi connectivity index (χ2v) is 8.61. The van der Waals surface area contributed by atoms with Crippen molar-refractivity contribution in [2.45, 2.75) is 40.0 Å². The smallest absolute Gasteiger partial charge is 0.133 e. The third kappa shape index (κ3) is 8.94. The van der Waals surface area contributed by atoms with E-state index in [0.29, 0.717) is 0 Å². The first kappa shape index (κ1) is 19.1. The van der Waals surface area contributed by atoms with Gasteiger partial charge in [-0.2, -0.15) is 35.3 Å². The Morgan fingerprint density at radius 2 is 0.857 bits per heavy atom. The first-order valence-corrected chi connectivity index (χ1v) is 11.2. The summed E-state index contributed by atoms with van der Waals surface area (Å²) in [5.41, 5.74) is 0. The Labute approximate surface area is 142 Å². The normalized spacial score (nSPS) is 11.0. The Bertz CT molecular complexity index is 319. The number of thioether (sulfide) groups is 3. The topological polar surface area (TPSA) is 38.7 Å². The Morgan fingerprint density at radius 1 is 0.571 bits per heavy atom. The number of rotatable bonds is 12. The van der Waals surface area contributed by atoms with Crippen LogP contribution < -0.4 is 0 Å². The third-order valence-electron chi connectivity index (χ3n) is 2.80. The zero-order valence-corrected chi connectivity index (χ0v) is 15.9. The molecule has 21 heavy (non-hydrogen) atoms. The van der Waals surface area contributed by atoms with Crippen LogP contribution in [0, 0.1) is 0 Å². The molecule has 0 amide bonds. The fourth-order valence-corrected chi connectivity index (χ4v) is 3.63. The highest BCUT2D eigenvalue weighted by molar-refractivity contribution is 7.99. The van der Waals surface area contributed by atoms with Gasteiger partial charge in [0.25, 0.3) is 0 Å². The molecule has 1 heterocycles. The highest BCUT2D eigenvalue weighted by Crippen LogP contribution is 2.09. The number of nitrogens with zero attached hydrogens (tertiary/aromatic N) is 3. The lowest BCUT2D eigenvalue weighted by atomic mass is 10.3. The molecule has 1 aromatic rings. The van der Waals surface area contributed by atoms with Crippen molar-refractivity contribution in [2.24, 2.45) is 0 Å². The van der Waals surface area contributed by atoms with Crippen LogP contribution in [0.15, 0.2) is 0 Å². The molecule has 0 aliphatic rings. The lowest BCUT2D eigenvalue weighted by Gasteiger charge is -2.07. The lowest BCUT2D eigenvalue weighted by molar-refractivity contribution is 0.778. The predicted octanol–water partition coefficient (Wildman–Crippen LogP) is 3.76. The minimum absolute atomic E-state index is 0.961. The number of hydrogen-bond donors (Lipinski definition) is 0. The van der Waals surface area contributed by atoms with Crippen molar-refractivity contribution in [1.82, 2.24) is 15.0 Å². The fraction of sp³-hybridized carbons (Fsp3) is 0.800. The molecule has 0 fully saturated rings. The summed E-state index contributed by atoms with van der Waals surface area (Å²) in [6.07, 6.45) is 2.88. The molecule has 0 spiro atoms. The Morgan fingerprint density at radius 3 is 1.10 bits per heavy atom. The van der Waals surface area contributed by atoms with E-state index in [0.717, 1.165) is 71.3 Å². The van der Waals surface area contributed by atoms with Gasteiger partial charge in [0.05, 0.1) is 0 Å². The van der Waals surface area contributed by atoms with Gasteiger partial charge in [-0.1, -0.05) is 20.8 Å². The van der Waals surface area contributed by atoms with Crippen molar-refractivity contribution in [2.75, 3.05) is 34.5 Å². The molecule has 0 aromatic carbocycles. The molecule has 120 valence electrons. The summed E-state index contributed by atoms with van der Waals surface area (Å²) in [4.78, 5) is 13.9. The van der Waals surface area contributed by atoms with Gasteiger partial charge >= 0.3 is 0 Å². The third-order valence-corrected chi connectivity index (χ3v) is 5.50. The van der Waals surface area contributed by atoms with Crippen LogP contribution in [0.3, 0.4) is 0 Å². The first-order valence-electron chi connectivity index (χ1n) is 7.76. The Kier molecular flexibility index (Phi) is 11.5. The molecular formula is C15H27N3S3. The van der Waals surface area contributed by atoms with E-state index in [9.17, 15) is 0 Å². The van der Waals surface area contributed by atoms with Crippen LogP contribution in [-0.2, 0) is 19.3 Å². The highest BCUT2D eigenvalue weighted by Gasteiger charge is 2.07. The molecule has 1 rings (SSSR count). The van der Waals surface area contributed by atoms with Crippen LogP contribution in [-0.4, -0.2) is 49.5 Å². The molecule has 0 saturated carbocycles. The van der Waals surface area contributed by atoms with Crippen LogP contribution in [0.5, 0.6) is 0 Å².